The summed E-state index contributed by atoms with van der Waals surface area (Å²) in [6.07, 6.45) is 2.58. The Bertz CT molecular complexity index is 1050. The fourth-order valence-electron chi connectivity index (χ4n) is 4.19. The second kappa shape index (κ2) is 9.60. The van der Waals surface area contributed by atoms with Crippen LogP contribution in [0.4, 0.5) is 0 Å². The standard InChI is InChI=1S/C24H30N2O5S/c1-18-5-6-19(2)23(16-18)32(28,29)31-21-9-7-20(8-10-21)24(27)26-13-11-25(12-14-26)17-22-4-3-15-30-22/h5-10,16,22H,3-4,11-15,17H2,1-2H3. The van der Waals surface area contributed by atoms with Crippen molar-refractivity contribution in [3.63, 3.8) is 0 Å². The molecule has 2 aliphatic rings. The molecule has 4 rings (SSSR count). The molecule has 1 amide bonds. The number of nitrogens with zero attached hydrogens (tertiary/aromatic N) is 2. The summed E-state index contributed by atoms with van der Waals surface area (Å²) in [6.45, 7) is 8.37. The number of hydrogen-bond donors (Lipinski definition) is 0. The Labute approximate surface area is 190 Å². The first kappa shape index (κ1) is 22.8. The molecule has 0 radical (unpaired) electrons. The minimum Gasteiger partial charge on any atom is -0.379 e. The SMILES string of the molecule is Cc1ccc(C)c(S(=O)(=O)Oc2ccc(C(=O)N3CCN(CC4CCCO4)CC3)cc2)c1. The molecule has 172 valence electrons. The van der Waals surface area contributed by atoms with Gasteiger partial charge in [-0.2, -0.15) is 8.42 Å². The molecule has 2 fully saturated rings. The maximum atomic E-state index is 12.9. The van der Waals surface area contributed by atoms with Crippen molar-refractivity contribution in [3.8, 4) is 5.75 Å². The van der Waals surface area contributed by atoms with Gasteiger partial charge < -0.3 is 13.8 Å². The highest BCUT2D eigenvalue weighted by Crippen LogP contribution is 2.23. The molecular formula is C24H30N2O5S. The third-order valence-electron chi connectivity index (χ3n) is 6.07. The first-order valence-electron chi connectivity index (χ1n) is 11.1. The predicted octanol–water partition coefficient (Wildman–Crippen LogP) is 3.01. The highest BCUT2D eigenvalue weighted by molar-refractivity contribution is 7.87. The van der Waals surface area contributed by atoms with E-state index < -0.39 is 10.1 Å². The fourth-order valence-corrected chi connectivity index (χ4v) is 5.44. The van der Waals surface area contributed by atoms with Gasteiger partial charge in [-0.1, -0.05) is 12.1 Å². The van der Waals surface area contributed by atoms with Crippen LogP contribution in [-0.2, 0) is 14.9 Å². The Kier molecular flexibility index (Phi) is 6.83. The molecule has 0 saturated carbocycles. The molecule has 2 saturated heterocycles. The summed E-state index contributed by atoms with van der Waals surface area (Å²) >= 11 is 0. The summed E-state index contributed by atoms with van der Waals surface area (Å²) in [5, 5.41) is 0. The van der Waals surface area contributed by atoms with Crippen molar-refractivity contribution in [1.29, 1.82) is 0 Å². The Morgan fingerprint density at radius 3 is 2.44 bits per heavy atom. The zero-order chi connectivity index (χ0) is 22.7. The molecule has 0 aliphatic carbocycles. The van der Waals surface area contributed by atoms with Crippen LogP contribution in [0.5, 0.6) is 5.75 Å². The number of amides is 1. The number of carbonyl (C=O) groups is 1. The van der Waals surface area contributed by atoms with Gasteiger partial charge >= 0.3 is 10.1 Å². The number of ether oxygens (including phenoxy) is 1. The second-order valence-electron chi connectivity index (χ2n) is 8.56. The van der Waals surface area contributed by atoms with Crippen LogP contribution in [0.25, 0.3) is 0 Å². The van der Waals surface area contributed by atoms with Gasteiger partial charge in [0.2, 0.25) is 0 Å². The van der Waals surface area contributed by atoms with E-state index in [0.717, 1.165) is 44.6 Å². The lowest BCUT2D eigenvalue weighted by molar-refractivity contribution is 0.0432. The molecule has 0 aromatic heterocycles. The molecule has 0 N–H and O–H groups in total. The second-order valence-corrected chi connectivity index (χ2v) is 10.1. The van der Waals surface area contributed by atoms with E-state index in [4.69, 9.17) is 8.92 Å². The maximum Gasteiger partial charge on any atom is 0.339 e. The summed E-state index contributed by atoms with van der Waals surface area (Å²) in [4.78, 5) is 17.2. The lowest BCUT2D eigenvalue weighted by atomic mass is 10.1. The summed E-state index contributed by atoms with van der Waals surface area (Å²) in [5.41, 5.74) is 1.99. The monoisotopic (exact) mass is 458 g/mol. The largest absolute Gasteiger partial charge is 0.379 e. The molecule has 8 heteroatoms. The van der Waals surface area contributed by atoms with Crippen LogP contribution in [-0.4, -0.2) is 69.6 Å². The summed E-state index contributed by atoms with van der Waals surface area (Å²) in [5.74, 6) is 0.134. The van der Waals surface area contributed by atoms with E-state index in [2.05, 4.69) is 4.90 Å². The first-order valence-corrected chi connectivity index (χ1v) is 12.5. The number of rotatable bonds is 6. The van der Waals surface area contributed by atoms with Crippen LogP contribution in [0.1, 0.15) is 34.3 Å². The molecule has 0 spiro atoms. The first-order chi connectivity index (χ1) is 15.3. The molecule has 2 aromatic rings. The van der Waals surface area contributed by atoms with E-state index in [1.807, 2.05) is 17.9 Å². The van der Waals surface area contributed by atoms with Gasteiger partial charge in [0.25, 0.3) is 5.91 Å². The Hall–Kier alpha value is -2.42. The van der Waals surface area contributed by atoms with E-state index in [1.165, 1.54) is 12.1 Å². The highest BCUT2D eigenvalue weighted by Gasteiger charge is 2.26. The molecule has 0 bridgehead atoms. The highest BCUT2D eigenvalue weighted by atomic mass is 32.2. The van der Waals surface area contributed by atoms with E-state index in [1.54, 1.807) is 31.2 Å². The average Bonchev–Trinajstić information content (AvgIpc) is 3.29. The lowest BCUT2D eigenvalue weighted by Crippen LogP contribution is -2.50. The lowest BCUT2D eigenvalue weighted by Gasteiger charge is -2.35. The molecular weight excluding hydrogens is 428 g/mol. The third kappa shape index (κ3) is 5.31. The Morgan fingerprint density at radius 2 is 1.78 bits per heavy atom. The van der Waals surface area contributed by atoms with Crippen LogP contribution in [0.2, 0.25) is 0 Å². The van der Waals surface area contributed by atoms with Gasteiger partial charge in [-0.25, -0.2) is 0 Å². The smallest absolute Gasteiger partial charge is 0.339 e. The van der Waals surface area contributed by atoms with Crippen LogP contribution < -0.4 is 4.18 Å². The van der Waals surface area contributed by atoms with E-state index in [-0.39, 0.29) is 16.6 Å². The van der Waals surface area contributed by atoms with Gasteiger partial charge in [0.1, 0.15) is 10.6 Å². The van der Waals surface area contributed by atoms with Crippen molar-refractivity contribution in [2.24, 2.45) is 0 Å². The quantitative estimate of drug-likeness (QED) is 0.620. The van der Waals surface area contributed by atoms with Gasteiger partial charge in [0, 0.05) is 44.9 Å². The minimum atomic E-state index is -3.95. The molecule has 1 unspecified atom stereocenters. The van der Waals surface area contributed by atoms with Crippen molar-refractivity contribution in [2.75, 3.05) is 39.3 Å². The topological polar surface area (TPSA) is 76.2 Å². The van der Waals surface area contributed by atoms with E-state index in [9.17, 15) is 13.2 Å². The van der Waals surface area contributed by atoms with Crippen LogP contribution >= 0.6 is 0 Å². The molecule has 32 heavy (non-hydrogen) atoms. The van der Waals surface area contributed by atoms with Crippen molar-refractivity contribution < 1.29 is 22.1 Å². The van der Waals surface area contributed by atoms with Gasteiger partial charge in [-0.15, -0.1) is 0 Å². The number of hydrogen-bond acceptors (Lipinski definition) is 6. The predicted molar refractivity (Wildman–Crippen MR) is 121 cm³/mol. The van der Waals surface area contributed by atoms with Crippen LogP contribution in [0.15, 0.2) is 47.4 Å². The number of carbonyl (C=O) groups excluding carboxylic acids is 1. The Morgan fingerprint density at radius 1 is 1.06 bits per heavy atom. The molecule has 7 nitrogen and oxygen atoms in total. The summed E-state index contributed by atoms with van der Waals surface area (Å²) < 4.78 is 36.4. The zero-order valence-electron chi connectivity index (χ0n) is 18.6. The third-order valence-corrected chi connectivity index (χ3v) is 7.46. The van der Waals surface area contributed by atoms with Crippen LogP contribution in [0.3, 0.4) is 0 Å². The average molecular weight is 459 g/mol. The maximum absolute atomic E-state index is 12.9. The number of aryl methyl sites for hydroxylation is 2. The van der Waals surface area contributed by atoms with Gasteiger partial charge in [-0.3, -0.25) is 9.69 Å². The van der Waals surface area contributed by atoms with E-state index in [0.29, 0.717) is 30.3 Å². The summed E-state index contributed by atoms with van der Waals surface area (Å²) in [7, 11) is -3.95. The molecule has 2 aromatic carbocycles. The van der Waals surface area contributed by atoms with Gasteiger partial charge in [0.15, 0.2) is 0 Å². The molecule has 2 heterocycles. The fraction of sp³-hybridized carbons (Fsp3) is 0.458. The van der Waals surface area contributed by atoms with Gasteiger partial charge in [-0.05, 0) is 68.1 Å². The summed E-state index contributed by atoms with van der Waals surface area (Å²) in [6, 6.07) is 11.5. The van der Waals surface area contributed by atoms with Crippen molar-refractivity contribution in [1.82, 2.24) is 9.80 Å². The number of piperazine rings is 1. The van der Waals surface area contributed by atoms with Crippen LogP contribution in [0, 0.1) is 13.8 Å². The van der Waals surface area contributed by atoms with Crippen molar-refractivity contribution in [2.45, 2.75) is 37.7 Å². The van der Waals surface area contributed by atoms with Gasteiger partial charge in [0.05, 0.1) is 6.10 Å². The zero-order valence-corrected chi connectivity index (χ0v) is 19.4. The van der Waals surface area contributed by atoms with E-state index >= 15 is 0 Å². The number of benzene rings is 2. The van der Waals surface area contributed by atoms with Crippen molar-refractivity contribution >= 4 is 16.0 Å². The van der Waals surface area contributed by atoms with Crippen molar-refractivity contribution in [3.05, 3.63) is 59.2 Å². The molecule has 1 atom stereocenters. The normalized spacial score (nSPS) is 19.8. The molecule has 2 aliphatic heterocycles. The Balaban J connectivity index is 1.35. The minimum absolute atomic E-state index is 0.0503.